The predicted molar refractivity (Wildman–Crippen MR) is 68.2 cm³/mol. The zero-order valence-electron chi connectivity index (χ0n) is 9.72. The van der Waals surface area contributed by atoms with Gasteiger partial charge in [-0.3, -0.25) is 16.1 Å². The molecule has 0 bridgehead atoms. The normalized spacial score (nSPS) is 9.69. The van der Waals surface area contributed by atoms with Gasteiger partial charge in [-0.2, -0.15) is 0 Å². The lowest BCUT2D eigenvalue weighted by molar-refractivity contribution is 0.489. The van der Waals surface area contributed by atoms with Gasteiger partial charge in [0.25, 0.3) is 0 Å². The summed E-state index contributed by atoms with van der Waals surface area (Å²) in [5.41, 5.74) is 0. The maximum atomic E-state index is 7.72. The van der Waals surface area contributed by atoms with Crippen molar-refractivity contribution in [1.29, 1.82) is 10.8 Å². The number of hydrogen-bond acceptors (Lipinski definition) is 3. The highest BCUT2D eigenvalue weighted by Gasteiger charge is 2.07. The molecule has 0 fully saturated rings. The largest absolute Gasteiger partial charge is 0.359 e. The van der Waals surface area contributed by atoms with Gasteiger partial charge in [-0.05, 0) is 19.1 Å². The standard InChI is InChI=1S/C10H17N5S/c1-7-4-5-8(16-7)6-15(3)10(12)14-9(11)13-2/h4-5H,6H2,1-3H3,(H4,11,12,13,14). The molecular weight excluding hydrogens is 222 g/mol. The van der Waals surface area contributed by atoms with Crippen LogP contribution in [0.4, 0.5) is 0 Å². The molecule has 5 nitrogen and oxygen atoms in total. The summed E-state index contributed by atoms with van der Waals surface area (Å²) in [5.74, 6) is 0.338. The van der Waals surface area contributed by atoms with E-state index in [1.807, 2.05) is 7.05 Å². The molecule has 0 spiro atoms. The lowest BCUT2D eigenvalue weighted by atomic mass is 10.4. The summed E-state index contributed by atoms with van der Waals surface area (Å²) in [6.45, 7) is 2.75. The minimum atomic E-state index is 0.124. The van der Waals surface area contributed by atoms with Crippen molar-refractivity contribution in [2.24, 2.45) is 0 Å². The maximum Gasteiger partial charge on any atom is 0.197 e. The molecule has 0 unspecified atom stereocenters. The van der Waals surface area contributed by atoms with Crippen LogP contribution in [0.15, 0.2) is 12.1 Å². The van der Waals surface area contributed by atoms with Crippen LogP contribution in [-0.2, 0) is 6.54 Å². The van der Waals surface area contributed by atoms with Crippen molar-refractivity contribution in [3.63, 3.8) is 0 Å². The molecule has 0 radical (unpaired) electrons. The fraction of sp³-hybridized carbons (Fsp3) is 0.400. The summed E-state index contributed by atoms with van der Waals surface area (Å²) in [6, 6.07) is 4.13. The van der Waals surface area contributed by atoms with E-state index in [2.05, 4.69) is 29.7 Å². The quantitative estimate of drug-likeness (QED) is 0.462. The van der Waals surface area contributed by atoms with Crippen LogP contribution in [0.1, 0.15) is 9.75 Å². The van der Waals surface area contributed by atoms with Crippen molar-refractivity contribution in [2.45, 2.75) is 13.5 Å². The number of nitrogens with zero attached hydrogens (tertiary/aromatic N) is 1. The summed E-state index contributed by atoms with van der Waals surface area (Å²) in [6.07, 6.45) is 0. The third kappa shape index (κ3) is 3.54. The van der Waals surface area contributed by atoms with Crippen molar-refractivity contribution >= 4 is 23.3 Å². The molecule has 0 aliphatic heterocycles. The Hall–Kier alpha value is -1.56. The third-order valence-electron chi connectivity index (χ3n) is 2.06. The van der Waals surface area contributed by atoms with E-state index in [0.29, 0.717) is 6.54 Å². The Labute approximate surface area is 99.5 Å². The van der Waals surface area contributed by atoms with E-state index in [9.17, 15) is 0 Å². The van der Waals surface area contributed by atoms with Crippen LogP contribution in [0.2, 0.25) is 0 Å². The highest BCUT2D eigenvalue weighted by Crippen LogP contribution is 2.16. The molecule has 1 aromatic heterocycles. The summed E-state index contributed by atoms with van der Waals surface area (Å²) < 4.78 is 0. The zero-order valence-corrected chi connectivity index (χ0v) is 10.5. The van der Waals surface area contributed by atoms with E-state index < -0.39 is 0 Å². The molecule has 0 saturated heterocycles. The number of hydrogen-bond donors (Lipinski definition) is 4. The molecule has 0 saturated carbocycles. The summed E-state index contributed by atoms with van der Waals surface area (Å²) >= 11 is 1.72. The van der Waals surface area contributed by atoms with Gasteiger partial charge in [0.1, 0.15) is 0 Å². The fourth-order valence-electron chi connectivity index (χ4n) is 1.16. The second-order valence-electron chi connectivity index (χ2n) is 3.47. The van der Waals surface area contributed by atoms with Crippen LogP contribution in [-0.4, -0.2) is 30.9 Å². The first-order chi connectivity index (χ1) is 7.52. The second-order valence-corrected chi connectivity index (χ2v) is 4.84. The van der Waals surface area contributed by atoms with Crippen molar-refractivity contribution in [3.8, 4) is 0 Å². The first kappa shape index (κ1) is 12.5. The number of nitrogens with one attached hydrogen (secondary N) is 4. The average Bonchev–Trinajstić information content (AvgIpc) is 2.63. The maximum absolute atomic E-state index is 7.72. The lowest BCUT2D eigenvalue weighted by Crippen LogP contribution is -2.45. The molecular formula is C10H17N5S. The average molecular weight is 239 g/mol. The van der Waals surface area contributed by atoms with Crippen molar-refractivity contribution in [1.82, 2.24) is 15.5 Å². The smallest absolute Gasteiger partial charge is 0.197 e. The molecule has 0 atom stereocenters. The Balaban J connectivity index is 2.48. The van der Waals surface area contributed by atoms with Crippen LogP contribution in [0.5, 0.6) is 0 Å². The lowest BCUT2D eigenvalue weighted by Gasteiger charge is -2.20. The monoisotopic (exact) mass is 239 g/mol. The van der Waals surface area contributed by atoms with Crippen molar-refractivity contribution in [2.75, 3.05) is 14.1 Å². The summed E-state index contributed by atoms with van der Waals surface area (Å²) in [5, 5.41) is 20.3. The zero-order chi connectivity index (χ0) is 12.1. The van der Waals surface area contributed by atoms with Gasteiger partial charge < -0.3 is 10.2 Å². The minimum Gasteiger partial charge on any atom is -0.359 e. The SMILES string of the molecule is CNC(=N)NC(=N)N(C)Cc1ccc(C)s1. The van der Waals surface area contributed by atoms with Gasteiger partial charge >= 0.3 is 0 Å². The number of guanidine groups is 2. The van der Waals surface area contributed by atoms with Gasteiger partial charge in [0.2, 0.25) is 0 Å². The topological polar surface area (TPSA) is 75.0 Å². The Morgan fingerprint density at radius 2 is 2.12 bits per heavy atom. The fourth-order valence-corrected chi connectivity index (χ4v) is 2.10. The van der Waals surface area contributed by atoms with E-state index >= 15 is 0 Å². The molecule has 88 valence electrons. The Kier molecular flexibility index (Phi) is 4.30. The van der Waals surface area contributed by atoms with Crippen LogP contribution in [0.3, 0.4) is 0 Å². The number of thiophene rings is 1. The molecule has 16 heavy (non-hydrogen) atoms. The van der Waals surface area contributed by atoms with E-state index in [1.165, 1.54) is 9.75 Å². The van der Waals surface area contributed by atoms with Gasteiger partial charge in [0.15, 0.2) is 11.9 Å². The van der Waals surface area contributed by atoms with Crippen LogP contribution in [0, 0.1) is 17.7 Å². The van der Waals surface area contributed by atoms with Crippen LogP contribution in [0.25, 0.3) is 0 Å². The summed E-state index contributed by atoms with van der Waals surface area (Å²) in [7, 11) is 3.47. The van der Waals surface area contributed by atoms with Gasteiger partial charge in [0, 0.05) is 23.8 Å². The van der Waals surface area contributed by atoms with Crippen LogP contribution >= 0.6 is 11.3 Å². The van der Waals surface area contributed by atoms with E-state index in [0.717, 1.165) is 0 Å². The van der Waals surface area contributed by atoms with Gasteiger partial charge in [-0.15, -0.1) is 11.3 Å². The molecule has 1 aromatic rings. The molecule has 0 aromatic carbocycles. The van der Waals surface area contributed by atoms with Crippen molar-refractivity contribution in [3.05, 3.63) is 21.9 Å². The third-order valence-corrected chi connectivity index (χ3v) is 3.05. The molecule has 0 aliphatic carbocycles. The first-order valence-electron chi connectivity index (χ1n) is 4.91. The van der Waals surface area contributed by atoms with Gasteiger partial charge in [0.05, 0.1) is 6.54 Å². The van der Waals surface area contributed by atoms with Crippen molar-refractivity contribution < 1.29 is 0 Å². The molecule has 4 N–H and O–H groups in total. The van der Waals surface area contributed by atoms with Gasteiger partial charge in [-0.25, -0.2) is 0 Å². The number of rotatable bonds is 2. The molecule has 0 amide bonds. The van der Waals surface area contributed by atoms with E-state index in [4.69, 9.17) is 10.8 Å². The first-order valence-corrected chi connectivity index (χ1v) is 5.73. The number of aryl methyl sites for hydroxylation is 1. The Morgan fingerprint density at radius 3 is 2.62 bits per heavy atom. The molecule has 6 heteroatoms. The molecule has 0 aliphatic rings. The molecule has 1 heterocycles. The highest BCUT2D eigenvalue weighted by atomic mass is 32.1. The predicted octanol–water partition coefficient (Wildman–Crippen LogP) is 1.17. The Bertz CT molecular complexity index is 384. The molecule has 1 rings (SSSR count). The van der Waals surface area contributed by atoms with E-state index in [-0.39, 0.29) is 11.9 Å². The van der Waals surface area contributed by atoms with E-state index in [1.54, 1.807) is 23.3 Å². The van der Waals surface area contributed by atoms with Gasteiger partial charge in [-0.1, -0.05) is 0 Å². The summed E-state index contributed by atoms with van der Waals surface area (Å²) in [4.78, 5) is 4.24. The van der Waals surface area contributed by atoms with Crippen LogP contribution < -0.4 is 10.6 Å². The Morgan fingerprint density at radius 1 is 1.44 bits per heavy atom. The highest BCUT2D eigenvalue weighted by molar-refractivity contribution is 7.11. The second kappa shape index (κ2) is 5.50. The minimum absolute atomic E-state index is 0.124.